The molecule has 1 saturated heterocycles. The van der Waals surface area contributed by atoms with E-state index in [0.717, 1.165) is 51.9 Å². The molecule has 3 aromatic rings. The highest BCUT2D eigenvalue weighted by Crippen LogP contribution is 2.37. The second kappa shape index (κ2) is 10.2. The largest absolute Gasteiger partial charge is 0.338 e. The molecule has 1 amide bonds. The lowest BCUT2D eigenvalue weighted by Gasteiger charge is -2.26. The number of hydrogen-bond acceptors (Lipinski definition) is 7. The average Bonchev–Trinajstić information content (AvgIpc) is 3.38. The van der Waals surface area contributed by atoms with Crippen molar-refractivity contribution in [3.63, 3.8) is 0 Å². The Labute approximate surface area is 226 Å². The van der Waals surface area contributed by atoms with E-state index in [0.29, 0.717) is 24.0 Å². The number of sulfone groups is 1. The van der Waals surface area contributed by atoms with Gasteiger partial charge >= 0.3 is 0 Å². The van der Waals surface area contributed by atoms with Crippen LogP contribution in [0.4, 0.5) is 0 Å². The lowest BCUT2D eigenvalue weighted by atomic mass is 9.89. The van der Waals surface area contributed by atoms with Crippen molar-refractivity contribution in [1.29, 1.82) is 0 Å². The fourth-order valence-electron chi connectivity index (χ4n) is 5.51. The molecule has 0 unspecified atom stereocenters. The first-order valence-electron chi connectivity index (χ1n) is 12.9. The number of aromatic nitrogens is 2. The van der Waals surface area contributed by atoms with Crippen LogP contribution in [-0.2, 0) is 27.5 Å². The standard InChI is InChI=1S/C27H33N3O4S3/c1-5-29(19-10-11-37(33,34)15-19)23(31)14-35-27-28-25-24(20-9-7-17(3)13-22(20)36-25)26(32)30(27)21-12-16(2)6-8-18(21)4/h6,8,12,17,19H,5,7,9-11,13-15H2,1-4H3/t17-,19+/m1/s1. The second-order valence-corrected chi connectivity index (χ2v) is 14.6. The lowest BCUT2D eigenvalue weighted by molar-refractivity contribution is -0.129. The van der Waals surface area contributed by atoms with Gasteiger partial charge in [0.05, 0.1) is 28.3 Å². The summed E-state index contributed by atoms with van der Waals surface area (Å²) in [4.78, 5) is 36.0. The maximum absolute atomic E-state index is 14.1. The maximum atomic E-state index is 14.1. The lowest BCUT2D eigenvalue weighted by Crippen LogP contribution is -2.42. The molecule has 2 atom stereocenters. The van der Waals surface area contributed by atoms with E-state index < -0.39 is 9.84 Å². The van der Waals surface area contributed by atoms with Crippen LogP contribution in [0.5, 0.6) is 0 Å². The summed E-state index contributed by atoms with van der Waals surface area (Å²) in [5.41, 5.74) is 3.86. The van der Waals surface area contributed by atoms with Crippen LogP contribution in [0.1, 0.15) is 48.3 Å². The molecule has 7 nitrogen and oxygen atoms in total. The quantitative estimate of drug-likeness (QED) is 0.330. The third-order valence-corrected chi connectivity index (χ3v) is 11.4. The van der Waals surface area contributed by atoms with E-state index in [4.69, 9.17) is 4.98 Å². The summed E-state index contributed by atoms with van der Waals surface area (Å²) in [5, 5.41) is 1.22. The molecule has 198 valence electrons. The Kier molecular flexibility index (Phi) is 7.28. The Bertz CT molecular complexity index is 1540. The summed E-state index contributed by atoms with van der Waals surface area (Å²) in [7, 11) is -3.10. The van der Waals surface area contributed by atoms with Crippen molar-refractivity contribution < 1.29 is 13.2 Å². The summed E-state index contributed by atoms with van der Waals surface area (Å²) >= 11 is 2.87. The zero-order valence-electron chi connectivity index (χ0n) is 21.7. The highest BCUT2D eigenvalue weighted by molar-refractivity contribution is 7.99. The Balaban J connectivity index is 1.55. The Morgan fingerprint density at radius 1 is 1.27 bits per heavy atom. The third-order valence-electron chi connectivity index (χ3n) is 7.54. The van der Waals surface area contributed by atoms with Crippen molar-refractivity contribution in [2.45, 2.75) is 64.6 Å². The van der Waals surface area contributed by atoms with Gasteiger partial charge in [-0.2, -0.15) is 0 Å². The van der Waals surface area contributed by atoms with Crippen LogP contribution in [0.3, 0.4) is 0 Å². The van der Waals surface area contributed by atoms with Crippen molar-refractivity contribution >= 4 is 49.1 Å². The van der Waals surface area contributed by atoms with E-state index in [1.807, 2.05) is 39.0 Å². The zero-order valence-corrected chi connectivity index (χ0v) is 24.2. The molecule has 0 spiro atoms. The molecule has 37 heavy (non-hydrogen) atoms. The van der Waals surface area contributed by atoms with Crippen molar-refractivity contribution in [2.75, 3.05) is 23.8 Å². The van der Waals surface area contributed by atoms with Gasteiger partial charge in [-0.1, -0.05) is 30.8 Å². The number of carbonyl (C=O) groups is 1. The number of amides is 1. The summed E-state index contributed by atoms with van der Waals surface area (Å²) in [6, 6.07) is 5.74. The van der Waals surface area contributed by atoms with Gasteiger partial charge in [0.1, 0.15) is 4.83 Å². The molecule has 1 aliphatic heterocycles. The van der Waals surface area contributed by atoms with E-state index in [9.17, 15) is 18.0 Å². The highest BCUT2D eigenvalue weighted by Gasteiger charge is 2.34. The SMILES string of the molecule is CCN(C(=O)CSc1nc2sc3c(c2c(=O)n1-c1cc(C)ccc1C)CC[C@@H](C)C3)[C@H]1CCS(=O)(=O)C1. The normalized spacial score (nSPS) is 20.8. The van der Waals surface area contributed by atoms with Crippen LogP contribution in [0.25, 0.3) is 15.9 Å². The Morgan fingerprint density at radius 2 is 2.05 bits per heavy atom. The number of carbonyl (C=O) groups excluding carboxylic acids is 1. The summed E-state index contributed by atoms with van der Waals surface area (Å²) in [5.74, 6) is 0.701. The molecule has 5 rings (SSSR count). The van der Waals surface area contributed by atoms with Crippen LogP contribution < -0.4 is 5.56 Å². The van der Waals surface area contributed by atoms with Crippen molar-refractivity contribution in [3.05, 3.63) is 50.1 Å². The number of rotatable bonds is 6. The number of benzene rings is 1. The van der Waals surface area contributed by atoms with Crippen LogP contribution in [0, 0.1) is 19.8 Å². The molecule has 0 bridgehead atoms. The van der Waals surface area contributed by atoms with Gasteiger partial charge in [0, 0.05) is 17.5 Å². The van der Waals surface area contributed by atoms with Gasteiger partial charge in [0.15, 0.2) is 15.0 Å². The van der Waals surface area contributed by atoms with Crippen LogP contribution in [-0.4, -0.2) is 58.6 Å². The van der Waals surface area contributed by atoms with Gasteiger partial charge < -0.3 is 4.90 Å². The van der Waals surface area contributed by atoms with E-state index in [-0.39, 0.29) is 34.8 Å². The molecular formula is C27H33N3O4S3. The van der Waals surface area contributed by atoms with Gasteiger partial charge in [0.25, 0.3) is 5.56 Å². The maximum Gasteiger partial charge on any atom is 0.267 e. The molecule has 1 fully saturated rings. The average molecular weight is 560 g/mol. The fraction of sp³-hybridized carbons (Fsp3) is 0.519. The first-order valence-corrected chi connectivity index (χ1v) is 16.5. The number of hydrogen-bond donors (Lipinski definition) is 0. The molecule has 0 N–H and O–H groups in total. The smallest absolute Gasteiger partial charge is 0.267 e. The number of aryl methyl sites for hydroxylation is 3. The van der Waals surface area contributed by atoms with Crippen molar-refractivity contribution in [3.8, 4) is 5.69 Å². The van der Waals surface area contributed by atoms with E-state index in [1.54, 1.807) is 20.8 Å². The van der Waals surface area contributed by atoms with Gasteiger partial charge in [-0.25, -0.2) is 13.4 Å². The highest BCUT2D eigenvalue weighted by atomic mass is 32.2. The predicted octanol–water partition coefficient (Wildman–Crippen LogP) is 4.32. The number of thiophene rings is 1. The van der Waals surface area contributed by atoms with Crippen molar-refractivity contribution in [1.82, 2.24) is 14.5 Å². The number of thioether (sulfide) groups is 1. The zero-order chi connectivity index (χ0) is 26.5. The molecule has 2 aliphatic rings. The molecule has 0 radical (unpaired) electrons. The molecule has 1 aliphatic carbocycles. The number of fused-ring (bicyclic) bond motifs is 3. The molecular weight excluding hydrogens is 527 g/mol. The minimum absolute atomic E-state index is 0.0216. The minimum Gasteiger partial charge on any atom is -0.338 e. The van der Waals surface area contributed by atoms with Crippen LogP contribution >= 0.6 is 23.1 Å². The van der Waals surface area contributed by atoms with E-state index >= 15 is 0 Å². The minimum atomic E-state index is -3.10. The van der Waals surface area contributed by atoms with Gasteiger partial charge in [-0.3, -0.25) is 14.2 Å². The van der Waals surface area contributed by atoms with E-state index in [1.165, 1.54) is 16.6 Å². The molecule has 2 aromatic heterocycles. The number of nitrogens with zero attached hydrogens (tertiary/aromatic N) is 3. The molecule has 1 aromatic carbocycles. The first-order chi connectivity index (χ1) is 17.6. The Hall–Kier alpha value is -2.17. The van der Waals surface area contributed by atoms with Crippen LogP contribution in [0.2, 0.25) is 0 Å². The topological polar surface area (TPSA) is 89.3 Å². The van der Waals surface area contributed by atoms with Gasteiger partial charge in [0.2, 0.25) is 5.91 Å². The van der Waals surface area contributed by atoms with Crippen LogP contribution in [0.15, 0.2) is 28.2 Å². The Morgan fingerprint density at radius 3 is 2.76 bits per heavy atom. The van der Waals surface area contributed by atoms with Crippen molar-refractivity contribution in [2.24, 2.45) is 5.92 Å². The second-order valence-electron chi connectivity index (χ2n) is 10.4. The molecule has 10 heteroatoms. The molecule has 0 saturated carbocycles. The van der Waals surface area contributed by atoms with Gasteiger partial charge in [-0.05, 0) is 75.1 Å². The van der Waals surface area contributed by atoms with Gasteiger partial charge in [-0.15, -0.1) is 11.3 Å². The fourth-order valence-corrected chi connectivity index (χ4v) is 9.56. The first kappa shape index (κ1) is 26.4. The van der Waals surface area contributed by atoms with E-state index in [2.05, 4.69) is 6.92 Å². The summed E-state index contributed by atoms with van der Waals surface area (Å²) in [6.45, 7) is 8.55. The monoisotopic (exact) mass is 559 g/mol. The molecule has 3 heterocycles. The predicted molar refractivity (Wildman–Crippen MR) is 151 cm³/mol. The summed E-state index contributed by atoms with van der Waals surface area (Å²) < 4.78 is 25.7. The summed E-state index contributed by atoms with van der Waals surface area (Å²) in [6.07, 6.45) is 3.40. The third kappa shape index (κ3) is 5.12.